The van der Waals surface area contributed by atoms with Crippen LogP contribution in [0.2, 0.25) is 0 Å². The monoisotopic (exact) mass is 350 g/mol. The summed E-state index contributed by atoms with van der Waals surface area (Å²) in [5.74, 6) is 1.88. The quantitative estimate of drug-likeness (QED) is 0.827. The number of hydrogen-bond acceptors (Lipinski definition) is 3. The maximum Gasteiger partial charge on any atom is 0.253 e. The zero-order valence-electron chi connectivity index (χ0n) is 15.4. The van der Waals surface area contributed by atoms with Crippen molar-refractivity contribution < 1.29 is 9.53 Å². The first-order valence-electron chi connectivity index (χ1n) is 9.49. The molecule has 0 atom stereocenters. The van der Waals surface area contributed by atoms with Gasteiger partial charge in [0.25, 0.3) is 5.91 Å². The fourth-order valence-corrected chi connectivity index (χ4v) is 3.62. The molecule has 1 aliphatic carbocycles. The van der Waals surface area contributed by atoms with E-state index in [9.17, 15) is 4.79 Å². The first-order valence-corrected chi connectivity index (χ1v) is 9.49. The molecule has 4 heteroatoms. The summed E-state index contributed by atoms with van der Waals surface area (Å²) in [6.07, 6.45) is 2.77. The second kappa shape index (κ2) is 7.50. The lowest BCUT2D eigenvalue weighted by Crippen LogP contribution is -2.49. The summed E-state index contributed by atoms with van der Waals surface area (Å²) < 4.78 is 5.31. The van der Waals surface area contributed by atoms with E-state index < -0.39 is 0 Å². The first kappa shape index (κ1) is 17.1. The number of ether oxygens (including phenoxy) is 1. The normalized spacial score (nSPS) is 18.0. The fourth-order valence-electron chi connectivity index (χ4n) is 3.62. The fraction of sp³-hybridized carbons (Fsp3) is 0.409. The van der Waals surface area contributed by atoms with Gasteiger partial charge in [0, 0.05) is 38.3 Å². The van der Waals surface area contributed by atoms with Gasteiger partial charge in [0.05, 0.1) is 7.11 Å². The Morgan fingerprint density at radius 2 is 1.69 bits per heavy atom. The van der Waals surface area contributed by atoms with Gasteiger partial charge in [-0.1, -0.05) is 24.3 Å². The van der Waals surface area contributed by atoms with Gasteiger partial charge in [0.15, 0.2) is 0 Å². The van der Waals surface area contributed by atoms with Gasteiger partial charge in [-0.3, -0.25) is 9.69 Å². The van der Waals surface area contributed by atoms with Crippen molar-refractivity contribution in [1.82, 2.24) is 9.80 Å². The number of methoxy groups -OCH3 is 1. The van der Waals surface area contributed by atoms with Crippen molar-refractivity contribution >= 4 is 5.91 Å². The molecule has 1 saturated heterocycles. The molecule has 1 amide bonds. The minimum atomic E-state index is 0.140. The first-order chi connectivity index (χ1) is 12.7. The van der Waals surface area contributed by atoms with Gasteiger partial charge in [-0.05, 0) is 54.2 Å². The predicted octanol–water partition coefficient (Wildman–Crippen LogP) is 3.53. The van der Waals surface area contributed by atoms with Crippen LogP contribution in [0.4, 0.5) is 0 Å². The number of carbonyl (C=O) groups excluding carboxylic acids is 1. The third-order valence-electron chi connectivity index (χ3n) is 5.39. The molecule has 0 radical (unpaired) electrons. The highest BCUT2D eigenvalue weighted by Gasteiger charge is 2.28. The summed E-state index contributed by atoms with van der Waals surface area (Å²) in [6.45, 7) is 4.87. The lowest BCUT2D eigenvalue weighted by molar-refractivity contribution is 0.0632. The lowest BCUT2D eigenvalue weighted by Gasteiger charge is -2.34. The highest BCUT2D eigenvalue weighted by Crippen LogP contribution is 2.30. The molecule has 2 aromatic carbocycles. The molecule has 0 aromatic heterocycles. The Morgan fingerprint density at radius 1 is 1.00 bits per heavy atom. The van der Waals surface area contributed by atoms with E-state index >= 15 is 0 Å². The van der Waals surface area contributed by atoms with Gasteiger partial charge in [0.1, 0.15) is 5.75 Å². The Kier molecular flexibility index (Phi) is 4.93. The van der Waals surface area contributed by atoms with E-state index in [1.54, 1.807) is 7.11 Å². The molecule has 0 bridgehead atoms. The number of amides is 1. The SMILES string of the molecule is COc1cccc(-c2cccc(C(=O)N3CCN(CC4CC4)CC3)c2)c1. The van der Waals surface area contributed by atoms with Crippen molar-refractivity contribution in [2.24, 2.45) is 5.92 Å². The van der Waals surface area contributed by atoms with Crippen LogP contribution in [0.5, 0.6) is 5.75 Å². The van der Waals surface area contributed by atoms with Gasteiger partial charge in [0.2, 0.25) is 0 Å². The molecule has 2 aliphatic rings. The molecular weight excluding hydrogens is 324 g/mol. The van der Waals surface area contributed by atoms with Gasteiger partial charge in [-0.25, -0.2) is 0 Å². The third kappa shape index (κ3) is 3.91. The average molecular weight is 350 g/mol. The topological polar surface area (TPSA) is 32.8 Å². The van der Waals surface area contributed by atoms with Crippen LogP contribution in [-0.2, 0) is 0 Å². The smallest absolute Gasteiger partial charge is 0.253 e. The molecule has 1 heterocycles. The molecular formula is C22H26N2O2. The summed E-state index contributed by atoms with van der Waals surface area (Å²) in [6, 6.07) is 15.9. The van der Waals surface area contributed by atoms with Crippen LogP contribution in [0.15, 0.2) is 48.5 Å². The summed E-state index contributed by atoms with van der Waals surface area (Å²) in [5.41, 5.74) is 2.87. The Morgan fingerprint density at radius 3 is 2.38 bits per heavy atom. The predicted molar refractivity (Wildman–Crippen MR) is 103 cm³/mol. The molecule has 26 heavy (non-hydrogen) atoms. The molecule has 4 nitrogen and oxygen atoms in total. The zero-order valence-corrected chi connectivity index (χ0v) is 15.4. The molecule has 1 saturated carbocycles. The number of benzene rings is 2. The number of rotatable bonds is 5. The largest absolute Gasteiger partial charge is 0.497 e. The van der Waals surface area contributed by atoms with E-state index in [4.69, 9.17) is 4.74 Å². The second-order valence-corrected chi connectivity index (χ2v) is 7.35. The van der Waals surface area contributed by atoms with E-state index in [1.165, 1.54) is 19.4 Å². The minimum absolute atomic E-state index is 0.140. The maximum atomic E-state index is 12.9. The Bertz CT molecular complexity index is 777. The van der Waals surface area contributed by atoms with Gasteiger partial charge < -0.3 is 9.64 Å². The molecule has 0 spiro atoms. The van der Waals surface area contributed by atoms with Crippen molar-refractivity contribution in [1.29, 1.82) is 0 Å². The standard InChI is InChI=1S/C22H26N2O2/c1-26-21-7-3-5-19(15-21)18-4-2-6-20(14-18)22(25)24-12-10-23(11-13-24)16-17-8-9-17/h2-7,14-15,17H,8-13,16H2,1H3. The highest BCUT2D eigenvalue weighted by atomic mass is 16.5. The van der Waals surface area contributed by atoms with E-state index in [1.807, 2.05) is 53.4 Å². The van der Waals surface area contributed by atoms with Crippen LogP contribution in [0.3, 0.4) is 0 Å². The highest BCUT2D eigenvalue weighted by molar-refractivity contribution is 5.95. The number of piperazine rings is 1. The lowest BCUT2D eigenvalue weighted by atomic mass is 10.0. The van der Waals surface area contributed by atoms with Gasteiger partial charge >= 0.3 is 0 Å². The van der Waals surface area contributed by atoms with Crippen LogP contribution in [0.25, 0.3) is 11.1 Å². The van der Waals surface area contributed by atoms with Gasteiger partial charge in [-0.15, -0.1) is 0 Å². The minimum Gasteiger partial charge on any atom is -0.497 e. The van der Waals surface area contributed by atoms with E-state index in [-0.39, 0.29) is 5.91 Å². The van der Waals surface area contributed by atoms with E-state index in [0.717, 1.165) is 54.5 Å². The zero-order chi connectivity index (χ0) is 17.9. The van der Waals surface area contributed by atoms with Crippen LogP contribution in [0, 0.1) is 5.92 Å². The van der Waals surface area contributed by atoms with Crippen molar-refractivity contribution in [3.8, 4) is 16.9 Å². The number of carbonyl (C=O) groups is 1. The van der Waals surface area contributed by atoms with Gasteiger partial charge in [-0.2, -0.15) is 0 Å². The van der Waals surface area contributed by atoms with Crippen LogP contribution in [0.1, 0.15) is 23.2 Å². The summed E-state index contributed by atoms with van der Waals surface area (Å²) in [5, 5.41) is 0. The third-order valence-corrected chi connectivity index (χ3v) is 5.39. The maximum absolute atomic E-state index is 12.9. The molecule has 2 fully saturated rings. The molecule has 2 aromatic rings. The summed E-state index contributed by atoms with van der Waals surface area (Å²) >= 11 is 0. The number of hydrogen-bond donors (Lipinski definition) is 0. The molecule has 4 rings (SSSR count). The van der Waals surface area contributed by atoms with E-state index in [0.29, 0.717) is 0 Å². The average Bonchev–Trinajstić information content (AvgIpc) is 3.52. The summed E-state index contributed by atoms with van der Waals surface area (Å²) in [4.78, 5) is 17.4. The van der Waals surface area contributed by atoms with Crippen molar-refractivity contribution in [3.63, 3.8) is 0 Å². The Balaban J connectivity index is 1.45. The molecule has 0 N–H and O–H groups in total. The second-order valence-electron chi connectivity index (χ2n) is 7.35. The van der Waals surface area contributed by atoms with Crippen molar-refractivity contribution in [3.05, 3.63) is 54.1 Å². The Hall–Kier alpha value is -2.33. The van der Waals surface area contributed by atoms with Crippen LogP contribution >= 0.6 is 0 Å². The van der Waals surface area contributed by atoms with Crippen molar-refractivity contribution in [2.45, 2.75) is 12.8 Å². The van der Waals surface area contributed by atoms with Crippen LogP contribution in [-0.4, -0.2) is 55.5 Å². The number of nitrogens with zero attached hydrogens (tertiary/aromatic N) is 2. The molecule has 136 valence electrons. The van der Waals surface area contributed by atoms with Crippen LogP contribution < -0.4 is 4.74 Å². The molecule has 1 aliphatic heterocycles. The van der Waals surface area contributed by atoms with Crippen molar-refractivity contribution in [2.75, 3.05) is 39.8 Å². The van der Waals surface area contributed by atoms with E-state index in [2.05, 4.69) is 4.90 Å². The Labute approximate surface area is 155 Å². The summed E-state index contributed by atoms with van der Waals surface area (Å²) in [7, 11) is 1.67. The molecule has 0 unspecified atom stereocenters.